The minimum atomic E-state index is 0.170. The molecule has 1 aromatic heterocycles. The van der Waals surface area contributed by atoms with Gasteiger partial charge in [-0.1, -0.05) is 0 Å². The number of fused-ring (bicyclic) bond motifs is 1. The Morgan fingerprint density at radius 2 is 1.92 bits per heavy atom. The molecule has 2 fully saturated rings. The lowest BCUT2D eigenvalue weighted by molar-refractivity contribution is -0.0293. The SMILES string of the molecule is C[C@@H]1CN(c2ccc(C#N)c3nccnc23)C[C@H](CN2CCCC2)O1. The van der Waals surface area contributed by atoms with Gasteiger partial charge in [-0.2, -0.15) is 5.26 Å². The molecule has 130 valence electrons. The molecule has 6 nitrogen and oxygen atoms in total. The maximum absolute atomic E-state index is 9.32. The predicted molar refractivity (Wildman–Crippen MR) is 96.5 cm³/mol. The Labute approximate surface area is 148 Å². The molecule has 2 aliphatic heterocycles. The average molecular weight is 337 g/mol. The number of ether oxygens (including phenoxy) is 1. The van der Waals surface area contributed by atoms with Gasteiger partial charge in [0.05, 0.1) is 23.5 Å². The zero-order valence-electron chi connectivity index (χ0n) is 14.6. The number of benzene rings is 1. The highest BCUT2D eigenvalue weighted by molar-refractivity contribution is 5.92. The number of nitriles is 1. The van der Waals surface area contributed by atoms with Crippen LogP contribution in [0.4, 0.5) is 5.69 Å². The van der Waals surface area contributed by atoms with Gasteiger partial charge in [0.1, 0.15) is 17.1 Å². The van der Waals surface area contributed by atoms with E-state index in [-0.39, 0.29) is 12.2 Å². The van der Waals surface area contributed by atoms with Crippen LogP contribution < -0.4 is 4.90 Å². The van der Waals surface area contributed by atoms with Crippen molar-refractivity contribution in [3.05, 3.63) is 30.1 Å². The van der Waals surface area contributed by atoms with Gasteiger partial charge in [0.2, 0.25) is 0 Å². The Morgan fingerprint density at radius 3 is 2.68 bits per heavy atom. The van der Waals surface area contributed by atoms with Gasteiger partial charge in [-0.3, -0.25) is 9.97 Å². The normalized spacial score (nSPS) is 24.6. The number of anilines is 1. The fourth-order valence-corrected chi connectivity index (χ4v) is 3.98. The first kappa shape index (κ1) is 16.2. The molecule has 4 rings (SSSR count). The first-order chi connectivity index (χ1) is 12.2. The average Bonchev–Trinajstić information content (AvgIpc) is 3.13. The van der Waals surface area contributed by atoms with E-state index >= 15 is 0 Å². The molecule has 1 aromatic carbocycles. The highest BCUT2D eigenvalue weighted by atomic mass is 16.5. The van der Waals surface area contributed by atoms with Crippen LogP contribution in [0.15, 0.2) is 24.5 Å². The molecule has 25 heavy (non-hydrogen) atoms. The number of hydrogen-bond donors (Lipinski definition) is 0. The van der Waals surface area contributed by atoms with Crippen molar-refractivity contribution < 1.29 is 4.74 Å². The van der Waals surface area contributed by atoms with Crippen molar-refractivity contribution in [2.24, 2.45) is 0 Å². The smallest absolute Gasteiger partial charge is 0.113 e. The first-order valence-electron chi connectivity index (χ1n) is 9.01. The summed E-state index contributed by atoms with van der Waals surface area (Å²) in [7, 11) is 0. The lowest BCUT2D eigenvalue weighted by Crippen LogP contribution is -2.50. The zero-order valence-corrected chi connectivity index (χ0v) is 14.6. The molecule has 2 aliphatic rings. The summed E-state index contributed by atoms with van der Waals surface area (Å²) < 4.78 is 6.19. The largest absolute Gasteiger partial charge is 0.370 e. The molecule has 0 amide bonds. The maximum Gasteiger partial charge on any atom is 0.113 e. The maximum atomic E-state index is 9.32. The summed E-state index contributed by atoms with van der Waals surface area (Å²) in [5.41, 5.74) is 3.10. The molecule has 2 saturated heterocycles. The molecular weight excluding hydrogens is 314 g/mol. The van der Waals surface area contributed by atoms with E-state index in [1.54, 1.807) is 12.4 Å². The highest BCUT2D eigenvalue weighted by Crippen LogP contribution is 2.29. The summed E-state index contributed by atoms with van der Waals surface area (Å²) in [5, 5.41) is 9.32. The summed E-state index contributed by atoms with van der Waals surface area (Å²) >= 11 is 0. The van der Waals surface area contributed by atoms with E-state index < -0.39 is 0 Å². The van der Waals surface area contributed by atoms with Crippen LogP contribution in [0.1, 0.15) is 25.3 Å². The van der Waals surface area contributed by atoms with Crippen molar-refractivity contribution in [2.75, 3.05) is 37.6 Å². The van der Waals surface area contributed by atoms with Crippen molar-refractivity contribution in [3.8, 4) is 6.07 Å². The van der Waals surface area contributed by atoms with Gasteiger partial charge in [0.25, 0.3) is 0 Å². The van der Waals surface area contributed by atoms with Gasteiger partial charge in [-0.15, -0.1) is 0 Å². The van der Waals surface area contributed by atoms with Gasteiger partial charge in [0.15, 0.2) is 0 Å². The highest BCUT2D eigenvalue weighted by Gasteiger charge is 2.29. The molecule has 0 unspecified atom stereocenters. The molecule has 0 bridgehead atoms. The van der Waals surface area contributed by atoms with E-state index in [1.165, 1.54) is 25.9 Å². The molecular formula is C19H23N5O. The molecule has 0 saturated carbocycles. The second-order valence-corrected chi connectivity index (χ2v) is 6.98. The Hall–Kier alpha value is -2.23. The van der Waals surface area contributed by atoms with Gasteiger partial charge in [-0.25, -0.2) is 0 Å². The standard InChI is InChI=1S/C19H23N5O/c1-14-11-24(13-16(25-14)12-23-8-2-3-9-23)17-5-4-15(10-20)18-19(17)22-7-6-21-18/h4-7,14,16H,2-3,8-9,11-13H2,1H3/t14-,16+/m1/s1. The minimum absolute atomic E-state index is 0.170. The summed E-state index contributed by atoms with van der Waals surface area (Å²) in [6, 6.07) is 6.06. The van der Waals surface area contributed by atoms with Gasteiger partial charge >= 0.3 is 0 Å². The monoisotopic (exact) mass is 337 g/mol. The van der Waals surface area contributed by atoms with Crippen molar-refractivity contribution in [2.45, 2.75) is 32.0 Å². The number of aromatic nitrogens is 2. The van der Waals surface area contributed by atoms with E-state index in [9.17, 15) is 5.26 Å². The van der Waals surface area contributed by atoms with Gasteiger partial charge < -0.3 is 14.5 Å². The Kier molecular flexibility index (Phi) is 4.51. The van der Waals surface area contributed by atoms with Crippen LogP contribution >= 0.6 is 0 Å². The van der Waals surface area contributed by atoms with Crippen molar-refractivity contribution in [3.63, 3.8) is 0 Å². The minimum Gasteiger partial charge on any atom is -0.370 e. The van der Waals surface area contributed by atoms with E-state index in [0.29, 0.717) is 11.1 Å². The third-order valence-corrected chi connectivity index (χ3v) is 5.05. The summed E-state index contributed by atoms with van der Waals surface area (Å²) in [6.45, 7) is 7.15. The van der Waals surface area contributed by atoms with Gasteiger partial charge in [-0.05, 0) is 45.0 Å². The van der Waals surface area contributed by atoms with Crippen LogP contribution in [0.25, 0.3) is 11.0 Å². The molecule has 0 aliphatic carbocycles. The van der Waals surface area contributed by atoms with Crippen LogP contribution in [0.3, 0.4) is 0 Å². The van der Waals surface area contributed by atoms with Crippen molar-refractivity contribution in [1.29, 1.82) is 5.26 Å². The quantitative estimate of drug-likeness (QED) is 0.855. The van der Waals surface area contributed by atoms with Crippen LogP contribution in [-0.4, -0.2) is 59.8 Å². The number of likely N-dealkylation sites (tertiary alicyclic amines) is 1. The van der Waals surface area contributed by atoms with E-state index in [4.69, 9.17) is 4.74 Å². The number of hydrogen-bond acceptors (Lipinski definition) is 6. The number of rotatable bonds is 3. The van der Waals surface area contributed by atoms with E-state index in [0.717, 1.165) is 30.8 Å². The van der Waals surface area contributed by atoms with Crippen LogP contribution in [0.5, 0.6) is 0 Å². The lowest BCUT2D eigenvalue weighted by atomic mass is 10.1. The van der Waals surface area contributed by atoms with Crippen LogP contribution in [0, 0.1) is 11.3 Å². The molecule has 0 radical (unpaired) electrons. The summed E-state index contributed by atoms with van der Waals surface area (Å²) in [4.78, 5) is 13.7. The first-order valence-corrected chi connectivity index (χ1v) is 9.01. The Bertz CT molecular complexity index is 796. The second kappa shape index (κ2) is 6.95. The predicted octanol–water partition coefficient (Wildman–Crippen LogP) is 2.19. The second-order valence-electron chi connectivity index (χ2n) is 6.98. The summed E-state index contributed by atoms with van der Waals surface area (Å²) in [6.07, 6.45) is 6.29. The zero-order chi connectivity index (χ0) is 17.2. The van der Waals surface area contributed by atoms with Crippen LogP contribution in [-0.2, 0) is 4.74 Å². The van der Waals surface area contributed by atoms with Gasteiger partial charge in [0, 0.05) is 32.0 Å². The Morgan fingerprint density at radius 1 is 1.16 bits per heavy atom. The topological polar surface area (TPSA) is 65.3 Å². The Balaban J connectivity index is 1.62. The fourth-order valence-electron chi connectivity index (χ4n) is 3.98. The number of nitrogens with zero attached hydrogens (tertiary/aromatic N) is 5. The fraction of sp³-hybridized carbons (Fsp3) is 0.526. The molecule has 2 aromatic rings. The van der Waals surface area contributed by atoms with Crippen LogP contribution in [0.2, 0.25) is 0 Å². The van der Waals surface area contributed by atoms with E-state index in [1.807, 2.05) is 12.1 Å². The third-order valence-electron chi connectivity index (χ3n) is 5.05. The molecule has 6 heteroatoms. The summed E-state index contributed by atoms with van der Waals surface area (Å²) in [5.74, 6) is 0. The van der Waals surface area contributed by atoms with Crippen molar-refractivity contribution >= 4 is 16.7 Å². The molecule has 3 heterocycles. The molecule has 0 N–H and O–H groups in total. The third kappa shape index (κ3) is 3.30. The van der Waals surface area contributed by atoms with E-state index in [2.05, 4.69) is 32.8 Å². The molecule has 2 atom stereocenters. The molecule has 0 spiro atoms. The van der Waals surface area contributed by atoms with Crippen molar-refractivity contribution in [1.82, 2.24) is 14.9 Å². The number of morpholine rings is 1. The lowest BCUT2D eigenvalue weighted by Gasteiger charge is -2.39.